The van der Waals surface area contributed by atoms with Gasteiger partial charge in [0.1, 0.15) is 5.69 Å². The van der Waals surface area contributed by atoms with E-state index in [0.29, 0.717) is 48.4 Å². The van der Waals surface area contributed by atoms with E-state index in [1.165, 1.54) is 7.11 Å². The number of likely N-dealkylation sites (N-methyl/N-ethyl adjacent to an activating group) is 1. The van der Waals surface area contributed by atoms with Gasteiger partial charge in [-0.1, -0.05) is 23.2 Å². The molecule has 2 amide bonds. The van der Waals surface area contributed by atoms with Gasteiger partial charge in [-0.3, -0.25) is 9.59 Å². The lowest BCUT2D eigenvalue weighted by atomic mass is 10.0. The number of nitrogens with one attached hydrogen (secondary N) is 2. The maximum atomic E-state index is 12.7. The molecule has 0 unspecified atom stereocenters. The third-order valence-electron chi connectivity index (χ3n) is 6.47. The van der Waals surface area contributed by atoms with E-state index in [1.54, 1.807) is 6.92 Å². The molecule has 13 heteroatoms. The molecule has 0 saturated carbocycles. The molecule has 2 aliphatic heterocycles. The summed E-state index contributed by atoms with van der Waals surface area (Å²) in [7, 11) is 3.54. The number of halogens is 2. The van der Waals surface area contributed by atoms with Crippen molar-refractivity contribution in [2.24, 2.45) is 5.73 Å². The Kier molecular flexibility index (Phi) is 7.58. The predicted octanol–water partition coefficient (Wildman–Crippen LogP) is 1.68. The summed E-state index contributed by atoms with van der Waals surface area (Å²) in [6.07, 6.45) is 1.33. The first-order chi connectivity index (χ1) is 16.7. The number of rotatable bonds is 6. The molecule has 0 spiro atoms. The lowest BCUT2D eigenvalue weighted by Crippen LogP contribution is -2.46. The van der Waals surface area contributed by atoms with E-state index in [-0.39, 0.29) is 34.1 Å². The smallest absolute Gasteiger partial charge is 0.271 e. The fraction of sp³-hybridized carbons (Fsp3) is 0.545. The largest absolute Gasteiger partial charge is 0.491 e. The summed E-state index contributed by atoms with van der Waals surface area (Å²) in [5.74, 6) is 0.300. The van der Waals surface area contributed by atoms with Crippen LogP contribution in [0.5, 0.6) is 5.75 Å². The molecule has 2 aromatic rings. The summed E-state index contributed by atoms with van der Waals surface area (Å²) in [5, 5.41) is 3.60. The van der Waals surface area contributed by atoms with E-state index in [2.05, 4.69) is 32.1 Å². The number of methoxy groups -OCH3 is 1. The summed E-state index contributed by atoms with van der Waals surface area (Å²) in [4.78, 5) is 43.4. The zero-order chi connectivity index (χ0) is 25.3. The van der Waals surface area contributed by atoms with E-state index >= 15 is 0 Å². The minimum absolute atomic E-state index is 0.0576. The van der Waals surface area contributed by atoms with Crippen LogP contribution >= 0.6 is 23.2 Å². The zero-order valence-electron chi connectivity index (χ0n) is 20.0. The molecular formula is C22H30Cl2N8O3. The highest BCUT2D eigenvalue weighted by molar-refractivity contribution is 6.44. The third-order valence-corrected chi connectivity index (χ3v) is 7.42. The number of hydrogen-bond donors (Lipinski definition) is 3. The number of carbonyl (C=O) groups is 2. The van der Waals surface area contributed by atoms with Crippen LogP contribution in [0.4, 0.5) is 11.8 Å². The van der Waals surface area contributed by atoms with E-state index in [1.807, 2.05) is 4.90 Å². The molecule has 2 saturated heterocycles. The van der Waals surface area contributed by atoms with Gasteiger partial charge in [-0.15, -0.1) is 0 Å². The van der Waals surface area contributed by atoms with Crippen molar-refractivity contribution in [1.29, 1.82) is 0 Å². The standard InChI is InChI=1S/C22H30Cl2N8O3/c1-12-14(23)15(24)16(26-12)21(34)27-13-4-6-31(7-5-13)20-18(35-3)17(19(25)33)28-22(29-20)32-10-8-30(2)9-11-32/h13,26H,4-11H2,1-3H3,(H2,25,33)(H,27,34). The molecule has 2 aromatic heterocycles. The number of aromatic amines is 1. The number of piperazine rings is 1. The second-order valence-electron chi connectivity index (χ2n) is 8.87. The molecule has 4 heterocycles. The zero-order valence-corrected chi connectivity index (χ0v) is 21.5. The first-order valence-corrected chi connectivity index (χ1v) is 12.2. The van der Waals surface area contributed by atoms with Gasteiger partial charge in [-0.25, -0.2) is 4.98 Å². The first-order valence-electron chi connectivity index (χ1n) is 11.5. The number of aromatic nitrogens is 3. The van der Waals surface area contributed by atoms with Crippen LogP contribution < -0.4 is 25.6 Å². The normalized spacial score (nSPS) is 17.5. The van der Waals surface area contributed by atoms with Crippen molar-refractivity contribution in [3.05, 3.63) is 27.1 Å². The molecule has 35 heavy (non-hydrogen) atoms. The molecule has 4 N–H and O–H groups in total. The van der Waals surface area contributed by atoms with Gasteiger partial charge in [-0.05, 0) is 26.8 Å². The van der Waals surface area contributed by atoms with Gasteiger partial charge in [-0.2, -0.15) is 4.98 Å². The Labute approximate surface area is 213 Å². The summed E-state index contributed by atoms with van der Waals surface area (Å²) in [5.41, 5.74) is 6.61. The van der Waals surface area contributed by atoms with Crippen molar-refractivity contribution in [1.82, 2.24) is 25.2 Å². The second-order valence-corrected chi connectivity index (χ2v) is 9.63. The number of ether oxygens (including phenoxy) is 1. The quantitative estimate of drug-likeness (QED) is 0.519. The summed E-state index contributed by atoms with van der Waals surface area (Å²) in [6.45, 7) is 6.19. The number of nitrogens with two attached hydrogens (primary N) is 1. The maximum Gasteiger partial charge on any atom is 0.271 e. The number of piperidine rings is 1. The number of anilines is 2. The maximum absolute atomic E-state index is 12.7. The second kappa shape index (κ2) is 10.5. The SMILES string of the molecule is COc1c(C(N)=O)nc(N2CCN(C)CC2)nc1N1CCC(NC(=O)c2[nH]c(C)c(Cl)c2Cl)CC1. The number of nitrogens with zero attached hydrogens (tertiary/aromatic N) is 5. The summed E-state index contributed by atoms with van der Waals surface area (Å²) < 4.78 is 5.53. The lowest BCUT2D eigenvalue weighted by Gasteiger charge is -2.36. The molecule has 4 rings (SSSR count). The molecule has 11 nitrogen and oxygen atoms in total. The fourth-order valence-electron chi connectivity index (χ4n) is 4.37. The summed E-state index contributed by atoms with van der Waals surface area (Å²) >= 11 is 12.3. The van der Waals surface area contributed by atoms with Crippen molar-refractivity contribution < 1.29 is 14.3 Å². The Bertz CT molecular complexity index is 1110. The molecule has 0 radical (unpaired) electrons. The minimum atomic E-state index is -0.667. The van der Waals surface area contributed by atoms with E-state index in [0.717, 1.165) is 26.2 Å². The topological polar surface area (TPSA) is 133 Å². The number of primary amides is 1. The van der Waals surface area contributed by atoms with Crippen molar-refractivity contribution in [3.63, 3.8) is 0 Å². The highest BCUT2D eigenvalue weighted by atomic mass is 35.5. The van der Waals surface area contributed by atoms with Crippen molar-refractivity contribution >= 4 is 46.8 Å². The Morgan fingerprint density at radius 1 is 1.06 bits per heavy atom. The van der Waals surface area contributed by atoms with Crippen LogP contribution in [0.3, 0.4) is 0 Å². The van der Waals surface area contributed by atoms with Crippen LogP contribution in [0.25, 0.3) is 0 Å². The molecule has 0 bridgehead atoms. The highest BCUT2D eigenvalue weighted by Crippen LogP contribution is 2.34. The van der Waals surface area contributed by atoms with E-state index in [4.69, 9.17) is 38.7 Å². The Morgan fingerprint density at radius 3 is 2.26 bits per heavy atom. The predicted molar refractivity (Wildman–Crippen MR) is 135 cm³/mol. The van der Waals surface area contributed by atoms with Gasteiger partial charge in [0.05, 0.1) is 17.2 Å². The van der Waals surface area contributed by atoms with Crippen LogP contribution in [-0.2, 0) is 0 Å². The number of hydrogen-bond acceptors (Lipinski definition) is 8. The lowest BCUT2D eigenvalue weighted by molar-refractivity contribution is 0.0925. The Hall–Kier alpha value is -2.76. The molecule has 190 valence electrons. The molecule has 0 aliphatic carbocycles. The number of carbonyl (C=O) groups excluding carboxylic acids is 2. The van der Waals surface area contributed by atoms with Gasteiger partial charge < -0.3 is 35.5 Å². The molecule has 0 aromatic carbocycles. The van der Waals surface area contributed by atoms with Crippen LogP contribution in [-0.4, -0.2) is 91.1 Å². The Morgan fingerprint density at radius 2 is 1.71 bits per heavy atom. The van der Waals surface area contributed by atoms with Crippen LogP contribution in [0.15, 0.2) is 0 Å². The number of H-pyrrole nitrogens is 1. The van der Waals surface area contributed by atoms with Crippen LogP contribution in [0.1, 0.15) is 39.5 Å². The molecular weight excluding hydrogens is 495 g/mol. The number of amides is 2. The average molecular weight is 525 g/mol. The van der Waals surface area contributed by atoms with E-state index in [9.17, 15) is 9.59 Å². The van der Waals surface area contributed by atoms with Gasteiger partial charge in [0, 0.05) is 51.0 Å². The van der Waals surface area contributed by atoms with Crippen LogP contribution in [0, 0.1) is 6.92 Å². The van der Waals surface area contributed by atoms with Crippen molar-refractivity contribution in [3.8, 4) is 5.75 Å². The number of aryl methyl sites for hydroxylation is 1. The van der Waals surface area contributed by atoms with Crippen molar-refractivity contribution in [2.75, 3.05) is 63.2 Å². The molecule has 0 atom stereocenters. The first kappa shape index (κ1) is 25.3. The van der Waals surface area contributed by atoms with Crippen LogP contribution in [0.2, 0.25) is 10.0 Å². The van der Waals surface area contributed by atoms with E-state index < -0.39 is 5.91 Å². The van der Waals surface area contributed by atoms with Gasteiger partial charge in [0.2, 0.25) is 5.95 Å². The van der Waals surface area contributed by atoms with Gasteiger partial charge in [0.25, 0.3) is 11.8 Å². The molecule has 2 fully saturated rings. The monoisotopic (exact) mass is 524 g/mol. The third kappa shape index (κ3) is 5.26. The average Bonchev–Trinajstić information content (AvgIpc) is 3.11. The molecule has 2 aliphatic rings. The minimum Gasteiger partial charge on any atom is -0.491 e. The fourth-order valence-corrected chi connectivity index (χ4v) is 4.78. The summed E-state index contributed by atoms with van der Waals surface area (Å²) in [6, 6.07) is -0.0576. The Balaban J connectivity index is 1.50. The van der Waals surface area contributed by atoms with Gasteiger partial charge >= 0.3 is 0 Å². The van der Waals surface area contributed by atoms with Gasteiger partial charge in [0.15, 0.2) is 17.3 Å². The highest BCUT2D eigenvalue weighted by Gasteiger charge is 2.30. The van der Waals surface area contributed by atoms with Crippen molar-refractivity contribution in [2.45, 2.75) is 25.8 Å².